The van der Waals surface area contributed by atoms with Crippen molar-refractivity contribution >= 4 is 40.9 Å². The minimum atomic E-state index is -4.50. The molecular formula is C52H68F3N5O11S. The number of hydrogen-bond donors (Lipinski definition) is 4. The van der Waals surface area contributed by atoms with Gasteiger partial charge in [0.1, 0.15) is 0 Å². The lowest BCUT2D eigenvalue weighted by Gasteiger charge is -2.29. The number of halogens is 3. The number of alkyl halides is 3. The number of piperidine rings is 1. The molecule has 0 spiro atoms. The lowest BCUT2D eigenvalue weighted by molar-refractivity contribution is -0.137. The van der Waals surface area contributed by atoms with Crippen molar-refractivity contribution < 1.29 is 65.8 Å². The molecule has 1 aliphatic rings. The summed E-state index contributed by atoms with van der Waals surface area (Å²) in [5.74, 6) is 0.283. The predicted molar refractivity (Wildman–Crippen MR) is 269 cm³/mol. The van der Waals surface area contributed by atoms with Crippen molar-refractivity contribution in [3.63, 3.8) is 0 Å². The fourth-order valence-corrected chi connectivity index (χ4v) is 8.14. The van der Waals surface area contributed by atoms with Gasteiger partial charge >= 0.3 is 6.18 Å². The van der Waals surface area contributed by atoms with Gasteiger partial charge in [-0.05, 0) is 85.0 Å². The smallest absolute Gasteiger partial charge is 0.394 e. The number of amides is 3. The monoisotopic (exact) mass is 1030 g/mol. The summed E-state index contributed by atoms with van der Waals surface area (Å²) in [5.41, 5.74) is 3.65. The van der Waals surface area contributed by atoms with Crippen LogP contribution in [0.1, 0.15) is 63.1 Å². The van der Waals surface area contributed by atoms with E-state index >= 15 is 0 Å². The number of anilines is 2. The van der Waals surface area contributed by atoms with Gasteiger partial charge in [-0.3, -0.25) is 19.4 Å². The van der Waals surface area contributed by atoms with Crippen molar-refractivity contribution in [1.82, 2.24) is 15.6 Å². The summed E-state index contributed by atoms with van der Waals surface area (Å²) in [6.45, 7) is 8.08. The third-order valence-corrected chi connectivity index (χ3v) is 12.0. The quantitative estimate of drug-likeness (QED) is 0.0353. The fourth-order valence-electron chi connectivity index (χ4n) is 7.25. The second-order valence-corrected chi connectivity index (χ2v) is 17.5. The van der Waals surface area contributed by atoms with Crippen LogP contribution < -0.4 is 20.9 Å². The molecule has 4 aromatic rings. The summed E-state index contributed by atoms with van der Waals surface area (Å²) in [4.78, 5) is 46.4. The number of aromatic nitrogens is 1. The highest BCUT2D eigenvalue weighted by atomic mass is 32.2. The molecule has 0 aliphatic carbocycles. The number of nitrogens with one attached hydrogen (secondary N) is 3. The van der Waals surface area contributed by atoms with Gasteiger partial charge in [0, 0.05) is 72.7 Å². The number of thioether (sulfide) groups is 1. The molecular weight excluding hydrogens is 960 g/mol. The van der Waals surface area contributed by atoms with Crippen LogP contribution in [0.2, 0.25) is 0 Å². The number of carbonyl (C=O) groups is 3. The maximum atomic E-state index is 13.8. The molecule has 2 heterocycles. The van der Waals surface area contributed by atoms with Gasteiger partial charge in [-0.15, -0.1) is 0 Å². The molecule has 16 nitrogen and oxygen atoms in total. The molecule has 1 aliphatic heterocycles. The van der Waals surface area contributed by atoms with Crippen LogP contribution in [0.5, 0.6) is 0 Å². The van der Waals surface area contributed by atoms with Crippen LogP contribution in [0.4, 0.5) is 24.5 Å². The summed E-state index contributed by atoms with van der Waals surface area (Å²) in [6.07, 6.45) is 0.592. The van der Waals surface area contributed by atoms with Crippen LogP contribution in [0.25, 0.3) is 11.3 Å². The number of aliphatic hydroxyl groups excluding tert-OH is 1. The molecule has 1 fully saturated rings. The summed E-state index contributed by atoms with van der Waals surface area (Å²) in [5, 5.41) is 17.3. The normalized spacial score (nSPS) is 12.8. The van der Waals surface area contributed by atoms with Crippen molar-refractivity contribution in [3.05, 3.63) is 113 Å². The van der Waals surface area contributed by atoms with Crippen LogP contribution in [0, 0.1) is 0 Å². The van der Waals surface area contributed by atoms with Gasteiger partial charge in [0.25, 0.3) is 11.8 Å². The molecule has 0 radical (unpaired) electrons. The molecule has 0 unspecified atom stereocenters. The first-order valence-electron chi connectivity index (χ1n) is 24.3. The number of aliphatic hydroxyl groups is 1. The molecule has 3 amide bonds. The van der Waals surface area contributed by atoms with Crippen LogP contribution in [-0.2, 0) is 56.4 Å². The maximum Gasteiger partial charge on any atom is 0.416 e. The van der Waals surface area contributed by atoms with E-state index in [0.717, 1.165) is 55.7 Å². The van der Waals surface area contributed by atoms with Gasteiger partial charge in [-0.25, -0.2) is 0 Å². The van der Waals surface area contributed by atoms with Gasteiger partial charge in [0.15, 0.2) is 0 Å². The average Bonchev–Trinajstić information content (AvgIpc) is 3.39. The highest BCUT2D eigenvalue weighted by molar-refractivity contribution is 7.98. The third-order valence-electron chi connectivity index (χ3n) is 10.9. The van der Waals surface area contributed by atoms with Gasteiger partial charge in [0.05, 0.1) is 116 Å². The van der Waals surface area contributed by atoms with Crippen LogP contribution in [0.3, 0.4) is 0 Å². The Hall–Kier alpha value is -5.16. The van der Waals surface area contributed by atoms with E-state index < -0.39 is 17.6 Å². The Balaban J connectivity index is 0.962. The maximum absolute atomic E-state index is 13.8. The lowest BCUT2D eigenvalue weighted by atomic mass is 10.0. The van der Waals surface area contributed by atoms with E-state index in [1.54, 1.807) is 23.9 Å². The molecule has 4 N–H and O–H groups in total. The Morgan fingerprint density at radius 1 is 0.639 bits per heavy atom. The molecule has 0 atom stereocenters. The lowest BCUT2D eigenvalue weighted by Crippen LogP contribution is -2.29. The number of rotatable bonds is 35. The minimum absolute atomic E-state index is 0.00243. The first kappa shape index (κ1) is 57.7. The molecule has 0 bridgehead atoms. The van der Waals surface area contributed by atoms with Crippen LogP contribution in [0.15, 0.2) is 85.1 Å². The van der Waals surface area contributed by atoms with E-state index in [-0.39, 0.29) is 30.5 Å². The molecule has 3 aromatic carbocycles. The van der Waals surface area contributed by atoms with Gasteiger partial charge in [0.2, 0.25) is 5.91 Å². The number of benzene rings is 3. The highest BCUT2D eigenvalue weighted by Crippen LogP contribution is 2.34. The molecule has 1 aromatic heterocycles. The number of pyridine rings is 1. The molecule has 1 saturated heterocycles. The van der Waals surface area contributed by atoms with Gasteiger partial charge < -0.3 is 59.1 Å². The topological polar surface area (TPSA) is 188 Å². The van der Waals surface area contributed by atoms with Crippen molar-refractivity contribution in [2.45, 2.75) is 44.2 Å². The van der Waals surface area contributed by atoms with Crippen LogP contribution in [-0.4, -0.2) is 152 Å². The fraction of sp³-hybridized carbons (Fsp3) is 0.500. The SMILES string of the molecule is O=C(CCSCc1cccc(C(=O)Nc2ccc(N3CCCCC3)cc2-c2cc(C(=O)NCc3cccc(C(F)(F)F)c3)ccn2)c1)NCCOCCOCCOCCOCCOCCOCCOCCO. The van der Waals surface area contributed by atoms with E-state index in [4.69, 9.17) is 38.3 Å². The van der Waals surface area contributed by atoms with Crippen LogP contribution >= 0.6 is 11.8 Å². The second kappa shape index (κ2) is 33.5. The van der Waals surface area contributed by atoms with Gasteiger partial charge in [-0.2, -0.15) is 24.9 Å². The third kappa shape index (κ3) is 22.3. The number of ether oxygens (including phenoxy) is 7. The number of hydrogen-bond acceptors (Lipinski definition) is 14. The minimum Gasteiger partial charge on any atom is -0.394 e. The first-order chi connectivity index (χ1) is 35.1. The van der Waals surface area contributed by atoms with E-state index in [2.05, 4.69) is 25.8 Å². The number of nitrogens with zero attached hydrogens (tertiary/aromatic N) is 2. The van der Waals surface area contributed by atoms with Crippen molar-refractivity contribution in [2.75, 3.05) is 135 Å². The zero-order valence-corrected chi connectivity index (χ0v) is 41.5. The molecule has 5 rings (SSSR count). The van der Waals surface area contributed by atoms with E-state index in [9.17, 15) is 27.6 Å². The van der Waals surface area contributed by atoms with Crippen molar-refractivity contribution in [3.8, 4) is 11.3 Å². The summed E-state index contributed by atoms with van der Waals surface area (Å²) in [7, 11) is 0. The number of carbonyl (C=O) groups excluding carboxylic acids is 3. The standard InChI is InChI=1S/C52H68F3N5O11S/c53-52(54,55)44-9-5-6-40(35-44)38-58-50(63)43-12-14-56-48(36-43)46-37-45(60-16-2-1-3-17-60)10-11-47(46)59-51(64)42-8-4-7-41(34-42)39-72-33-13-49(62)57-15-19-65-21-23-67-25-27-69-29-31-71-32-30-70-28-26-68-24-22-66-20-18-61/h4-12,14,34-37,61H,1-3,13,15-33,38-39H2,(H,57,62)(H,58,63)(H,59,64). The Kier molecular flexibility index (Phi) is 26.9. The summed E-state index contributed by atoms with van der Waals surface area (Å²) < 4.78 is 77.7. The molecule has 72 heavy (non-hydrogen) atoms. The van der Waals surface area contributed by atoms with Crippen molar-refractivity contribution in [1.29, 1.82) is 0 Å². The summed E-state index contributed by atoms with van der Waals surface area (Å²) in [6, 6.07) is 21.0. The Morgan fingerprint density at radius 3 is 1.88 bits per heavy atom. The predicted octanol–water partition coefficient (Wildman–Crippen LogP) is 6.79. The van der Waals surface area contributed by atoms with E-state index in [1.165, 1.54) is 24.4 Å². The average molecular weight is 1030 g/mol. The first-order valence-corrected chi connectivity index (χ1v) is 25.5. The zero-order valence-electron chi connectivity index (χ0n) is 40.7. The van der Waals surface area contributed by atoms with Gasteiger partial charge in [-0.1, -0.05) is 24.3 Å². The van der Waals surface area contributed by atoms with Crippen molar-refractivity contribution in [2.24, 2.45) is 0 Å². The van der Waals surface area contributed by atoms with E-state index in [0.29, 0.717) is 145 Å². The zero-order chi connectivity index (χ0) is 51.1. The highest BCUT2D eigenvalue weighted by Gasteiger charge is 2.30. The summed E-state index contributed by atoms with van der Waals surface area (Å²) >= 11 is 1.58. The Labute approximate surface area is 424 Å². The second-order valence-electron chi connectivity index (χ2n) is 16.4. The molecule has 0 saturated carbocycles. The molecule has 20 heteroatoms. The largest absolute Gasteiger partial charge is 0.416 e. The van der Waals surface area contributed by atoms with E-state index in [1.807, 2.05) is 36.4 Å². The Morgan fingerprint density at radius 2 is 1.24 bits per heavy atom. The Bertz CT molecular complexity index is 2220. The molecule has 394 valence electrons.